The van der Waals surface area contributed by atoms with E-state index < -0.39 is 23.4 Å². The van der Waals surface area contributed by atoms with Gasteiger partial charge in [0.1, 0.15) is 11.6 Å². The molecule has 0 N–H and O–H groups in total. The third kappa shape index (κ3) is 5.72. The quantitative estimate of drug-likeness (QED) is 0.173. The maximum Gasteiger partial charge on any atom is 0.419 e. The predicted molar refractivity (Wildman–Crippen MR) is 132 cm³/mol. The summed E-state index contributed by atoms with van der Waals surface area (Å²) in [6, 6.07) is 19.4. The van der Waals surface area contributed by atoms with E-state index in [-0.39, 0.29) is 11.1 Å². The fourth-order valence-corrected chi connectivity index (χ4v) is 4.40. The molecule has 0 radical (unpaired) electrons. The first kappa shape index (κ1) is 24.9. The summed E-state index contributed by atoms with van der Waals surface area (Å²) in [7, 11) is 0. The van der Waals surface area contributed by atoms with Crippen LogP contribution >= 0.6 is 0 Å². The highest BCUT2D eigenvalue weighted by Crippen LogP contribution is 2.36. The summed E-state index contributed by atoms with van der Waals surface area (Å²) >= 11 is 0. The first-order valence-electron chi connectivity index (χ1n) is 12.0. The molecule has 5 heteroatoms. The molecule has 0 heterocycles. The van der Waals surface area contributed by atoms with E-state index in [0.717, 1.165) is 29.7 Å². The smallest absolute Gasteiger partial charge is 0.206 e. The van der Waals surface area contributed by atoms with Crippen molar-refractivity contribution in [1.29, 1.82) is 0 Å². The van der Waals surface area contributed by atoms with Gasteiger partial charge in [0.2, 0.25) is 0 Å². The number of aryl methyl sites for hydroxylation is 1. The van der Waals surface area contributed by atoms with Gasteiger partial charge in [-0.15, -0.1) is 0 Å². The molecule has 0 amide bonds. The Morgan fingerprint density at radius 2 is 1.34 bits per heavy atom. The zero-order valence-corrected chi connectivity index (χ0v) is 19.6. The van der Waals surface area contributed by atoms with Crippen molar-refractivity contribution in [2.75, 3.05) is 0 Å². The Hall–Kier alpha value is -3.21. The molecule has 0 aliphatic heterocycles. The van der Waals surface area contributed by atoms with E-state index in [1.807, 2.05) is 12.1 Å². The maximum atomic E-state index is 15.3. The Labute approximate surface area is 202 Å². The normalized spacial score (nSPS) is 11.8. The summed E-state index contributed by atoms with van der Waals surface area (Å²) in [5.74, 6) is -2.01. The van der Waals surface area contributed by atoms with Crippen LogP contribution in [0, 0.1) is 11.6 Å². The second kappa shape index (κ2) is 10.6. The van der Waals surface area contributed by atoms with Crippen molar-refractivity contribution in [3.63, 3.8) is 0 Å². The molecule has 0 saturated carbocycles. The average molecular weight is 483 g/mol. The van der Waals surface area contributed by atoms with Crippen LogP contribution in [0.1, 0.15) is 50.2 Å². The first-order chi connectivity index (χ1) is 16.8. The van der Waals surface area contributed by atoms with Gasteiger partial charge in [-0.2, -0.15) is 13.2 Å². The Morgan fingerprint density at radius 1 is 0.657 bits per heavy atom. The molecule has 4 aromatic rings. The lowest BCUT2D eigenvalue weighted by Crippen LogP contribution is -2.07. The monoisotopic (exact) mass is 482 g/mol. The number of halogens is 5. The van der Waals surface area contributed by atoms with Gasteiger partial charge in [0, 0.05) is 10.9 Å². The molecule has 0 nitrogen and oxygen atoms in total. The van der Waals surface area contributed by atoms with Crippen LogP contribution in [0.15, 0.2) is 72.8 Å². The molecule has 0 spiro atoms. The van der Waals surface area contributed by atoms with Gasteiger partial charge in [0.25, 0.3) is 0 Å². The summed E-state index contributed by atoms with van der Waals surface area (Å²) in [6.45, 7) is 2.21. The van der Waals surface area contributed by atoms with Crippen LogP contribution < -0.4 is 0 Å². The van der Waals surface area contributed by atoms with Crippen LogP contribution in [0.25, 0.3) is 33.0 Å². The molecule has 0 aliphatic carbocycles. The van der Waals surface area contributed by atoms with Crippen molar-refractivity contribution in [1.82, 2.24) is 0 Å². The Balaban J connectivity index is 1.55. The highest BCUT2D eigenvalue weighted by atomic mass is 19.4. The fraction of sp³-hybridized carbons (Fsp3) is 0.267. The highest BCUT2D eigenvalue weighted by Gasteiger charge is 2.34. The number of fused-ring (bicyclic) bond motifs is 1. The number of benzene rings is 4. The van der Waals surface area contributed by atoms with Gasteiger partial charge in [-0.25, -0.2) is 8.78 Å². The van der Waals surface area contributed by atoms with Crippen LogP contribution in [0.4, 0.5) is 22.0 Å². The first-order valence-corrected chi connectivity index (χ1v) is 12.0. The standard InChI is InChI=1S/C30H27F5/c1-2-3-4-5-6-7-20-8-10-21(11-9-20)22-12-15-25-23(18-22)13-16-26(29(25)32)24-14-17-27(28(31)19-24)30(33,34)35/h8-19H,2-7H2,1H3. The molecule has 0 bridgehead atoms. The zero-order chi connectivity index (χ0) is 25.0. The minimum Gasteiger partial charge on any atom is -0.206 e. The molecule has 0 atom stereocenters. The molecule has 0 saturated heterocycles. The topological polar surface area (TPSA) is 0 Å². The maximum absolute atomic E-state index is 15.3. The number of hydrogen-bond donors (Lipinski definition) is 0. The van der Waals surface area contributed by atoms with Crippen LogP contribution in [0.5, 0.6) is 0 Å². The zero-order valence-electron chi connectivity index (χ0n) is 19.6. The second-order valence-electron chi connectivity index (χ2n) is 8.92. The Kier molecular flexibility index (Phi) is 7.54. The van der Waals surface area contributed by atoms with Crippen molar-refractivity contribution in [2.45, 2.75) is 51.6 Å². The van der Waals surface area contributed by atoms with Gasteiger partial charge in [-0.1, -0.05) is 87.2 Å². The average Bonchev–Trinajstić information content (AvgIpc) is 2.83. The van der Waals surface area contributed by atoms with Gasteiger partial charge in [0.05, 0.1) is 5.56 Å². The third-order valence-corrected chi connectivity index (χ3v) is 6.40. The molecule has 4 aromatic carbocycles. The van der Waals surface area contributed by atoms with Gasteiger partial charge in [-0.3, -0.25) is 0 Å². The van der Waals surface area contributed by atoms with Crippen LogP contribution in [-0.2, 0) is 12.6 Å². The van der Waals surface area contributed by atoms with Crippen molar-refractivity contribution in [3.8, 4) is 22.3 Å². The molecule has 182 valence electrons. The lowest BCUT2D eigenvalue weighted by atomic mass is 9.95. The largest absolute Gasteiger partial charge is 0.419 e. The van der Waals surface area contributed by atoms with Gasteiger partial charge < -0.3 is 0 Å². The second-order valence-corrected chi connectivity index (χ2v) is 8.92. The van der Waals surface area contributed by atoms with E-state index >= 15 is 4.39 Å². The number of hydrogen-bond acceptors (Lipinski definition) is 0. The Morgan fingerprint density at radius 3 is 2.03 bits per heavy atom. The van der Waals surface area contributed by atoms with Crippen molar-refractivity contribution in [2.24, 2.45) is 0 Å². The molecule has 4 rings (SSSR count). The molecular weight excluding hydrogens is 455 g/mol. The number of unbranched alkanes of at least 4 members (excludes halogenated alkanes) is 4. The summed E-state index contributed by atoms with van der Waals surface area (Å²) in [6.07, 6.45) is 2.47. The van der Waals surface area contributed by atoms with E-state index in [1.54, 1.807) is 12.1 Å². The van der Waals surface area contributed by atoms with Gasteiger partial charge >= 0.3 is 6.18 Å². The van der Waals surface area contributed by atoms with Crippen LogP contribution in [0.3, 0.4) is 0 Å². The van der Waals surface area contributed by atoms with Gasteiger partial charge in [0.15, 0.2) is 0 Å². The minimum absolute atomic E-state index is 0.0566. The molecule has 0 aliphatic rings. The summed E-state index contributed by atoms with van der Waals surface area (Å²) < 4.78 is 67.8. The van der Waals surface area contributed by atoms with E-state index in [1.165, 1.54) is 43.7 Å². The van der Waals surface area contributed by atoms with E-state index in [0.29, 0.717) is 16.8 Å². The lowest BCUT2D eigenvalue weighted by molar-refractivity contribution is -0.139. The molecular formula is C30H27F5. The molecule has 0 fully saturated rings. The predicted octanol–water partition coefficient (Wildman–Crippen LogP) is 9.98. The fourth-order valence-electron chi connectivity index (χ4n) is 4.40. The summed E-state index contributed by atoms with van der Waals surface area (Å²) in [5, 5.41) is 0.992. The molecule has 35 heavy (non-hydrogen) atoms. The van der Waals surface area contributed by atoms with Crippen LogP contribution in [-0.4, -0.2) is 0 Å². The van der Waals surface area contributed by atoms with Gasteiger partial charge in [-0.05, 0) is 58.7 Å². The molecule has 0 aromatic heterocycles. The summed E-state index contributed by atoms with van der Waals surface area (Å²) in [5.41, 5.74) is 2.01. The lowest BCUT2D eigenvalue weighted by Gasteiger charge is -2.12. The van der Waals surface area contributed by atoms with Crippen LogP contribution in [0.2, 0.25) is 0 Å². The van der Waals surface area contributed by atoms with E-state index in [9.17, 15) is 17.6 Å². The number of rotatable bonds is 8. The Bertz CT molecular complexity index is 1300. The third-order valence-electron chi connectivity index (χ3n) is 6.40. The highest BCUT2D eigenvalue weighted by molar-refractivity contribution is 5.91. The molecule has 0 unspecified atom stereocenters. The van der Waals surface area contributed by atoms with E-state index in [2.05, 4.69) is 31.2 Å². The van der Waals surface area contributed by atoms with Crippen molar-refractivity contribution in [3.05, 3.63) is 95.6 Å². The minimum atomic E-state index is -4.80. The van der Waals surface area contributed by atoms with Crippen molar-refractivity contribution >= 4 is 10.8 Å². The number of alkyl halides is 3. The van der Waals surface area contributed by atoms with Crippen molar-refractivity contribution < 1.29 is 22.0 Å². The summed E-state index contributed by atoms with van der Waals surface area (Å²) in [4.78, 5) is 0. The SMILES string of the molecule is CCCCCCCc1ccc(-c2ccc3c(F)c(-c4ccc(C(F)(F)F)c(F)c4)ccc3c2)cc1. The van der Waals surface area contributed by atoms with E-state index in [4.69, 9.17) is 0 Å².